The van der Waals surface area contributed by atoms with Gasteiger partial charge in [0, 0.05) is 18.7 Å². The van der Waals surface area contributed by atoms with Crippen LogP contribution in [0.4, 0.5) is 13.2 Å². The second-order valence-electron chi connectivity index (χ2n) is 3.30. The number of unbranched alkanes of at least 4 members (excludes halogenated alkanes) is 1. The fraction of sp³-hybridized carbons (Fsp3) is 0.667. The maximum absolute atomic E-state index is 12.6. The van der Waals surface area contributed by atoms with Crippen molar-refractivity contribution in [3.8, 4) is 0 Å². The Labute approximate surface area is 86.1 Å². The third kappa shape index (κ3) is 2.71. The average molecular weight is 221 g/mol. The van der Waals surface area contributed by atoms with Crippen molar-refractivity contribution in [2.75, 3.05) is 0 Å². The Balaban J connectivity index is 3.01. The van der Waals surface area contributed by atoms with Gasteiger partial charge >= 0.3 is 6.18 Å². The lowest BCUT2D eigenvalue weighted by Gasteiger charge is -2.11. The molecule has 3 nitrogen and oxygen atoms in total. The average Bonchev–Trinajstić information content (AvgIpc) is 2.56. The Bertz CT molecular complexity index is 317. The monoisotopic (exact) mass is 221 g/mol. The maximum Gasteiger partial charge on any atom is 0.433 e. The van der Waals surface area contributed by atoms with Gasteiger partial charge in [-0.05, 0) is 6.42 Å². The number of aryl methyl sites for hydroxylation is 1. The Morgan fingerprint density at radius 1 is 1.47 bits per heavy atom. The summed E-state index contributed by atoms with van der Waals surface area (Å²) in [7, 11) is 0. The van der Waals surface area contributed by atoms with Crippen molar-refractivity contribution in [1.29, 1.82) is 0 Å². The van der Waals surface area contributed by atoms with E-state index < -0.39 is 11.9 Å². The molecule has 1 heterocycles. The molecule has 6 heteroatoms. The van der Waals surface area contributed by atoms with Crippen LogP contribution in [-0.4, -0.2) is 9.78 Å². The summed E-state index contributed by atoms with van der Waals surface area (Å²) in [6.45, 7) is 2.06. The molecule has 0 spiro atoms. The van der Waals surface area contributed by atoms with Crippen molar-refractivity contribution in [2.24, 2.45) is 5.73 Å². The van der Waals surface area contributed by atoms with E-state index in [1.807, 2.05) is 6.92 Å². The summed E-state index contributed by atoms with van der Waals surface area (Å²) in [5.74, 6) is 0. The zero-order chi connectivity index (χ0) is 11.5. The molecule has 86 valence electrons. The predicted molar refractivity (Wildman–Crippen MR) is 50.0 cm³/mol. The van der Waals surface area contributed by atoms with Crippen LogP contribution in [0.2, 0.25) is 0 Å². The minimum atomic E-state index is -4.38. The number of hydrogen-bond donors (Lipinski definition) is 1. The van der Waals surface area contributed by atoms with E-state index in [9.17, 15) is 13.2 Å². The van der Waals surface area contributed by atoms with Gasteiger partial charge in [-0.25, -0.2) is 0 Å². The molecule has 0 aliphatic rings. The number of nitrogens with two attached hydrogens (primary N) is 1. The molecule has 0 aliphatic carbocycles. The smallest absolute Gasteiger partial charge is 0.326 e. The predicted octanol–water partition coefficient (Wildman–Crippen LogP) is 2.16. The van der Waals surface area contributed by atoms with Gasteiger partial charge in [0.2, 0.25) is 0 Å². The van der Waals surface area contributed by atoms with E-state index in [1.54, 1.807) is 0 Å². The van der Waals surface area contributed by atoms with Gasteiger partial charge in [0.15, 0.2) is 0 Å². The van der Waals surface area contributed by atoms with Gasteiger partial charge < -0.3 is 5.73 Å². The third-order valence-electron chi connectivity index (χ3n) is 2.13. The lowest BCUT2D eigenvalue weighted by atomic mass is 10.2. The Hall–Kier alpha value is -1.04. The highest BCUT2D eigenvalue weighted by atomic mass is 19.4. The highest BCUT2D eigenvalue weighted by Crippen LogP contribution is 2.31. The van der Waals surface area contributed by atoms with Crippen molar-refractivity contribution in [2.45, 2.75) is 39.0 Å². The minimum absolute atomic E-state index is 0.0543. The number of halogens is 3. The lowest BCUT2D eigenvalue weighted by molar-refractivity contribution is -0.144. The summed E-state index contributed by atoms with van der Waals surface area (Å²) < 4.78 is 38.9. The van der Waals surface area contributed by atoms with Crippen molar-refractivity contribution >= 4 is 0 Å². The van der Waals surface area contributed by atoms with Crippen LogP contribution < -0.4 is 5.73 Å². The van der Waals surface area contributed by atoms with E-state index in [2.05, 4.69) is 5.10 Å². The Morgan fingerprint density at radius 2 is 2.13 bits per heavy atom. The van der Waals surface area contributed by atoms with Crippen molar-refractivity contribution in [3.63, 3.8) is 0 Å². The van der Waals surface area contributed by atoms with Crippen LogP contribution in [0.5, 0.6) is 0 Å². The molecule has 0 radical (unpaired) electrons. The highest BCUT2D eigenvalue weighted by Gasteiger charge is 2.37. The molecule has 1 aromatic heterocycles. The van der Waals surface area contributed by atoms with Gasteiger partial charge in [0.25, 0.3) is 0 Å². The van der Waals surface area contributed by atoms with Crippen molar-refractivity contribution < 1.29 is 13.2 Å². The zero-order valence-electron chi connectivity index (χ0n) is 8.51. The molecule has 1 rings (SSSR count). The van der Waals surface area contributed by atoms with Crippen LogP contribution in [0.15, 0.2) is 6.20 Å². The molecule has 0 unspecified atom stereocenters. The summed E-state index contributed by atoms with van der Waals surface area (Å²) in [5.41, 5.74) is 4.58. The molecule has 0 saturated carbocycles. The van der Waals surface area contributed by atoms with Gasteiger partial charge in [-0.15, -0.1) is 0 Å². The Kier molecular flexibility index (Phi) is 3.73. The summed E-state index contributed by atoms with van der Waals surface area (Å²) >= 11 is 0. The largest absolute Gasteiger partial charge is 0.433 e. The van der Waals surface area contributed by atoms with Gasteiger partial charge in [-0.3, -0.25) is 4.68 Å². The van der Waals surface area contributed by atoms with Gasteiger partial charge in [0.1, 0.15) is 5.69 Å². The standard InChI is InChI=1S/C9H14F3N3/c1-2-3-4-15-8(9(10,11)12)7(5-13)6-14-15/h6H,2-5,13H2,1H3. The molecular weight excluding hydrogens is 207 g/mol. The van der Waals surface area contributed by atoms with Crippen LogP contribution in [0.3, 0.4) is 0 Å². The number of alkyl halides is 3. The topological polar surface area (TPSA) is 43.8 Å². The molecular formula is C9H14F3N3. The number of aromatic nitrogens is 2. The molecule has 0 saturated heterocycles. The van der Waals surface area contributed by atoms with E-state index in [0.29, 0.717) is 6.42 Å². The summed E-state index contributed by atoms with van der Waals surface area (Å²) in [4.78, 5) is 0. The summed E-state index contributed by atoms with van der Waals surface area (Å²) in [6, 6.07) is 0. The van der Waals surface area contributed by atoms with Crippen LogP contribution in [0, 0.1) is 0 Å². The molecule has 0 amide bonds. The number of hydrogen-bond acceptors (Lipinski definition) is 2. The molecule has 0 aliphatic heterocycles. The normalized spacial score (nSPS) is 12.1. The second-order valence-corrected chi connectivity index (χ2v) is 3.30. The quantitative estimate of drug-likeness (QED) is 0.846. The van der Waals surface area contributed by atoms with Gasteiger partial charge in [-0.1, -0.05) is 13.3 Å². The SMILES string of the molecule is CCCCn1ncc(CN)c1C(F)(F)F. The number of rotatable bonds is 4. The summed E-state index contributed by atoms with van der Waals surface area (Å²) in [5, 5.41) is 3.71. The first kappa shape index (κ1) is 12.0. The summed E-state index contributed by atoms with van der Waals surface area (Å²) in [6.07, 6.45) is -1.68. The molecule has 15 heavy (non-hydrogen) atoms. The van der Waals surface area contributed by atoms with E-state index in [1.165, 1.54) is 6.20 Å². The van der Waals surface area contributed by atoms with Crippen molar-refractivity contribution in [1.82, 2.24) is 9.78 Å². The van der Waals surface area contributed by atoms with E-state index in [0.717, 1.165) is 11.1 Å². The van der Waals surface area contributed by atoms with Gasteiger partial charge in [0.05, 0.1) is 6.20 Å². The third-order valence-corrected chi connectivity index (χ3v) is 2.13. The Morgan fingerprint density at radius 3 is 2.60 bits per heavy atom. The molecule has 0 fully saturated rings. The lowest BCUT2D eigenvalue weighted by Crippen LogP contribution is -2.17. The first-order valence-electron chi connectivity index (χ1n) is 4.82. The van der Waals surface area contributed by atoms with Crippen LogP contribution in [-0.2, 0) is 19.3 Å². The van der Waals surface area contributed by atoms with E-state index in [4.69, 9.17) is 5.73 Å². The van der Waals surface area contributed by atoms with Crippen LogP contribution in [0.25, 0.3) is 0 Å². The fourth-order valence-electron chi connectivity index (χ4n) is 1.38. The van der Waals surface area contributed by atoms with Crippen LogP contribution in [0.1, 0.15) is 31.0 Å². The number of nitrogens with zero attached hydrogens (tertiary/aromatic N) is 2. The van der Waals surface area contributed by atoms with Crippen LogP contribution >= 0.6 is 0 Å². The zero-order valence-corrected chi connectivity index (χ0v) is 8.51. The van der Waals surface area contributed by atoms with Crippen molar-refractivity contribution in [3.05, 3.63) is 17.5 Å². The van der Waals surface area contributed by atoms with E-state index >= 15 is 0 Å². The first-order chi connectivity index (χ1) is 7.00. The molecule has 1 aromatic rings. The van der Waals surface area contributed by atoms with E-state index in [-0.39, 0.29) is 18.7 Å². The van der Waals surface area contributed by atoms with Gasteiger partial charge in [-0.2, -0.15) is 18.3 Å². The maximum atomic E-state index is 12.6. The molecule has 0 atom stereocenters. The second kappa shape index (κ2) is 4.65. The molecule has 0 bridgehead atoms. The highest BCUT2D eigenvalue weighted by molar-refractivity contribution is 5.20. The minimum Gasteiger partial charge on any atom is -0.326 e. The first-order valence-corrected chi connectivity index (χ1v) is 4.82. The molecule has 0 aromatic carbocycles. The molecule has 2 N–H and O–H groups in total. The fourth-order valence-corrected chi connectivity index (χ4v) is 1.38.